The number of thioether (sulfide) groups is 1. The summed E-state index contributed by atoms with van der Waals surface area (Å²) >= 11 is 7.55. The van der Waals surface area contributed by atoms with Gasteiger partial charge in [-0.3, -0.25) is 5.32 Å². The van der Waals surface area contributed by atoms with E-state index in [1.165, 1.54) is 0 Å². The molecule has 2 aliphatic rings. The van der Waals surface area contributed by atoms with E-state index in [9.17, 15) is 4.79 Å². The van der Waals surface area contributed by atoms with Gasteiger partial charge in [-0.2, -0.15) is 0 Å². The van der Waals surface area contributed by atoms with E-state index in [-0.39, 0.29) is 16.7 Å². The number of hydrogen-bond donors (Lipinski definition) is 1. The van der Waals surface area contributed by atoms with Crippen LogP contribution in [0.5, 0.6) is 0 Å². The van der Waals surface area contributed by atoms with Crippen LogP contribution in [-0.2, 0) is 4.79 Å². The molecule has 0 bridgehead atoms. The summed E-state index contributed by atoms with van der Waals surface area (Å²) < 4.78 is 0. The number of rotatable bonds is 1. The summed E-state index contributed by atoms with van der Waals surface area (Å²) in [4.78, 5) is 10.5. The fourth-order valence-corrected chi connectivity index (χ4v) is 2.91. The zero-order valence-electron chi connectivity index (χ0n) is 6.24. The Morgan fingerprint density at radius 2 is 2.50 bits per heavy atom. The van der Waals surface area contributed by atoms with Crippen LogP contribution in [0.3, 0.4) is 0 Å². The van der Waals surface area contributed by atoms with E-state index < -0.39 is 0 Å². The lowest BCUT2D eigenvalue weighted by Crippen LogP contribution is -2.33. The number of fused-ring (bicyclic) bond motifs is 1. The molecule has 12 heavy (non-hydrogen) atoms. The van der Waals surface area contributed by atoms with Crippen LogP contribution in [0.2, 0.25) is 0 Å². The maximum atomic E-state index is 10.5. The Morgan fingerprint density at radius 3 is 3.17 bits per heavy atom. The Bertz CT molecular complexity index is 264. The first kappa shape index (κ1) is 8.35. The van der Waals surface area contributed by atoms with Crippen LogP contribution >= 0.6 is 23.4 Å². The van der Waals surface area contributed by atoms with Gasteiger partial charge in [-0.05, 0) is 6.08 Å². The van der Waals surface area contributed by atoms with E-state index in [0.29, 0.717) is 0 Å². The highest BCUT2D eigenvalue weighted by Gasteiger charge is 2.35. The Hall–Kier alpha value is -0.250. The summed E-state index contributed by atoms with van der Waals surface area (Å²) in [6, 6.07) is 0.225. The number of allylic oxidation sites excluding steroid dienone is 2. The molecule has 2 rings (SSSR count). The van der Waals surface area contributed by atoms with Crippen LogP contribution in [0, 0.1) is 0 Å². The quantitative estimate of drug-likeness (QED) is 0.648. The lowest BCUT2D eigenvalue weighted by molar-refractivity contribution is -0.107. The second-order valence-electron chi connectivity index (χ2n) is 2.74. The van der Waals surface area contributed by atoms with Crippen LogP contribution in [0.25, 0.3) is 0 Å². The monoisotopic (exact) mass is 201 g/mol. The van der Waals surface area contributed by atoms with Crippen LogP contribution in [0.1, 0.15) is 0 Å². The molecule has 1 fully saturated rings. The predicted octanol–water partition coefficient (Wildman–Crippen LogP) is 1.28. The van der Waals surface area contributed by atoms with Gasteiger partial charge in [0.1, 0.15) is 11.7 Å². The minimum atomic E-state index is -0.107. The van der Waals surface area contributed by atoms with Crippen LogP contribution in [-0.4, -0.2) is 23.0 Å². The number of nitrogens with one attached hydrogen (secondary N) is 1. The Labute approximate surface area is 80.0 Å². The van der Waals surface area contributed by atoms with Crippen LogP contribution < -0.4 is 5.32 Å². The molecule has 0 aromatic heterocycles. The van der Waals surface area contributed by atoms with Crippen molar-refractivity contribution in [1.29, 1.82) is 0 Å². The summed E-state index contributed by atoms with van der Waals surface area (Å²) in [6.07, 6.45) is 6.75. The summed E-state index contributed by atoms with van der Waals surface area (Å²) in [5.41, 5.74) is 0. The highest BCUT2D eigenvalue weighted by Crippen LogP contribution is 2.35. The number of halogens is 1. The number of carbonyl (C=O) groups is 1. The Balaban J connectivity index is 2.17. The van der Waals surface area contributed by atoms with Crippen molar-refractivity contribution in [3.63, 3.8) is 0 Å². The first-order valence-electron chi connectivity index (χ1n) is 3.72. The standard InChI is InChI=1S/C8H8ClNOS/c9-5-2-1-3-6-8(5)12-7(4-11)10-6/h1-4,6-8,10H. The Morgan fingerprint density at radius 1 is 1.67 bits per heavy atom. The molecule has 64 valence electrons. The summed E-state index contributed by atoms with van der Waals surface area (Å²) in [7, 11) is 0. The SMILES string of the molecule is O=CC1NC2C=CC=C(Cl)C2S1. The van der Waals surface area contributed by atoms with Gasteiger partial charge in [0.05, 0.1) is 5.25 Å². The van der Waals surface area contributed by atoms with E-state index in [0.717, 1.165) is 11.3 Å². The fourth-order valence-electron chi connectivity index (χ4n) is 1.39. The van der Waals surface area contributed by atoms with Crippen LogP contribution in [0.15, 0.2) is 23.3 Å². The summed E-state index contributed by atoms with van der Waals surface area (Å²) in [6.45, 7) is 0. The molecular formula is C8H8ClNOS. The van der Waals surface area contributed by atoms with Crippen molar-refractivity contribution < 1.29 is 4.79 Å². The zero-order valence-corrected chi connectivity index (χ0v) is 7.81. The van der Waals surface area contributed by atoms with Crippen LogP contribution in [0.4, 0.5) is 0 Å². The lowest BCUT2D eigenvalue weighted by atomic mass is 10.1. The van der Waals surface area contributed by atoms with Gasteiger partial charge in [-0.15, -0.1) is 11.8 Å². The maximum absolute atomic E-state index is 10.5. The molecule has 2 nitrogen and oxygen atoms in total. The number of carbonyl (C=O) groups excluding carboxylic acids is 1. The highest BCUT2D eigenvalue weighted by molar-refractivity contribution is 8.01. The van der Waals surface area contributed by atoms with Gasteiger partial charge in [0.25, 0.3) is 0 Å². The molecule has 1 heterocycles. The van der Waals surface area contributed by atoms with Gasteiger partial charge in [0.2, 0.25) is 0 Å². The predicted molar refractivity (Wildman–Crippen MR) is 51.2 cm³/mol. The third kappa shape index (κ3) is 1.32. The summed E-state index contributed by atoms with van der Waals surface area (Å²) in [5.74, 6) is 0. The molecular weight excluding hydrogens is 194 g/mol. The average molecular weight is 202 g/mol. The van der Waals surface area contributed by atoms with Gasteiger partial charge in [-0.25, -0.2) is 0 Å². The lowest BCUT2D eigenvalue weighted by Gasteiger charge is -2.16. The van der Waals surface area contributed by atoms with Crippen molar-refractivity contribution in [2.75, 3.05) is 0 Å². The third-order valence-corrected chi connectivity index (χ3v) is 3.82. The van der Waals surface area contributed by atoms with E-state index in [1.54, 1.807) is 11.8 Å². The van der Waals surface area contributed by atoms with Crippen molar-refractivity contribution in [1.82, 2.24) is 5.32 Å². The third-order valence-electron chi connectivity index (χ3n) is 1.95. The minimum Gasteiger partial charge on any atom is -0.301 e. The van der Waals surface area contributed by atoms with Crippen molar-refractivity contribution in [2.24, 2.45) is 0 Å². The smallest absolute Gasteiger partial charge is 0.147 e. The molecule has 4 heteroatoms. The van der Waals surface area contributed by atoms with Gasteiger partial charge in [0, 0.05) is 11.1 Å². The molecule has 0 saturated carbocycles. The van der Waals surface area contributed by atoms with E-state index in [1.807, 2.05) is 18.2 Å². The van der Waals surface area contributed by atoms with Crippen molar-refractivity contribution in [3.05, 3.63) is 23.3 Å². The van der Waals surface area contributed by atoms with Crippen molar-refractivity contribution in [2.45, 2.75) is 16.7 Å². The van der Waals surface area contributed by atoms with Gasteiger partial charge < -0.3 is 4.79 Å². The summed E-state index contributed by atoms with van der Waals surface area (Å²) in [5, 5.41) is 4.10. The number of aldehydes is 1. The van der Waals surface area contributed by atoms with E-state index in [2.05, 4.69) is 5.32 Å². The number of hydrogen-bond acceptors (Lipinski definition) is 3. The van der Waals surface area contributed by atoms with E-state index >= 15 is 0 Å². The second-order valence-corrected chi connectivity index (χ2v) is 4.47. The largest absolute Gasteiger partial charge is 0.301 e. The van der Waals surface area contributed by atoms with Crippen molar-refractivity contribution in [3.8, 4) is 0 Å². The average Bonchev–Trinajstić information content (AvgIpc) is 2.49. The van der Waals surface area contributed by atoms with Gasteiger partial charge in [-0.1, -0.05) is 23.8 Å². The molecule has 1 saturated heterocycles. The molecule has 0 spiro atoms. The highest BCUT2D eigenvalue weighted by atomic mass is 35.5. The fraction of sp³-hybridized carbons (Fsp3) is 0.375. The molecule has 0 amide bonds. The molecule has 0 aromatic rings. The van der Waals surface area contributed by atoms with E-state index in [4.69, 9.17) is 11.6 Å². The Kier molecular flexibility index (Phi) is 2.26. The van der Waals surface area contributed by atoms with Crippen molar-refractivity contribution >= 4 is 29.6 Å². The minimum absolute atomic E-state index is 0.107. The molecule has 1 N–H and O–H groups in total. The normalized spacial score (nSPS) is 39.1. The first-order chi connectivity index (χ1) is 5.81. The second kappa shape index (κ2) is 3.24. The molecule has 0 radical (unpaired) electrons. The molecule has 0 aromatic carbocycles. The van der Waals surface area contributed by atoms with Gasteiger partial charge in [0.15, 0.2) is 0 Å². The molecule has 3 unspecified atom stereocenters. The zero-order chi connectivity index (χ0) is 8.55. The topological polar surface area (TPSA) is 29.1 Å². The van der Waals surface area contributed by atoms with Gasteiger partial charge >= 0.3 is 0 Å². The molecule has 1 aliphatic heterocycles. The first-order valence-corrected chi connectivity index (χ1v) is 5.04. The molecule has 3 atom stereocenters. The molecule has 1 aliphatic carbocycles. The maximum Gasteiger partial charge on any atom is 0.147 e.